The van der Waals surface area contributed by atoms with Crippen LogP contribution in [0.5, 0.6) is 0 Å². The van der Waals surface area contributed by atoms with Crippen LogP contribution >= 0.6 is 0 Å². The highest BCUT2D eigenvalue weighted by Crippen LogP contribution is 2.16. The van der Waals surface area contributed by atoms with E-state index in [1.807, 2.05) is 13.0 Å². The second-order valence-corrected chi connectivity index (χ2v) is 4.34. The first-order valence-corrected chi connectivity index (χ1v) is 6.21. The van der Waals surface area contributed by atoms with Crippen LogP contribution in [-0.4, -0.2) is 64.0 Å². The molecule has 0 aromatic carbocycles. The Kier molecular flexibility index (Phi) is 6.32. The smallest absolute Gasteiger partial charge is 0.333 e. The third-order valence-corrected chi connectivity index (χ3v) is 3.32. The number of carbonyl (C=O) groups is 1. The van der Waals surface area contributed by atoms with Gasteiger partial charge in [0, 0.05) is 39.4 Å². The van der Waals surface area contributed by atoms with Gasteiger partial charge in [-0.2, -0.15) is 0 Å². The maximum absolute atomic E-state index is 11.4. The van der Waals surface area contributed by atoms with Gasteiger partial charge >= 0.3 is 5.97 Å². The Morgan fingerprint density at radius 3 is 2.17 bits per heavy atom. The molecule has 2 unspecified atom stereocenters. The SMILES string of the molecule is CCC(=CCN1CC(OC)C(OC)C1)C(=O)OC. The van der Waals surface area contributed by atoms with Gasteiger partial charge in [-0.1, -0.05) is 13.0 Å². The van der Waals surface area contributed by atoms with Crippen molar-refractivity contribution in [3.8, 4) is 0 Å². The van der Waals surface area contributed by atoms with Crippen molar-refractivity contribution in [2.24, 2.45) is 0 Å². The summed E-state index contributed by atoms with van der Waals surface area (Å²) in [5, 5.41) is 0. The van der Waals surface area contributed by atoms with E-state index in [1.54, 1.807) is 14.2 Å². The molecule has 0 spiro atoms. The van der Waals surface area contributed by atoms with E-state index >= 15 is 0 Å². The van der Waals surface area contributed by atoms with Gasteiger partial charge < -0.3 is 14.2 Å². The van der Waals surface area contributed by atoms with Crippen molar-refractivity contribution in [2.45, 2.75) is 25.6 Å². The standard InChI is InChI=1S/C13H23NO4/c1-5-10(13(15)18-4)6-7-14-8-11(16-2)12(9-14)17-3/h6,11-12H,5,7-9H2,1-4H3. The molecule has 0 aromatic rings. The zero-order chi connectivity index (χ0) is 13.5. The van der Waals surface area contributed by atoms with Crippen molar-refractivity contribution < 1.29 is 19.0 Å². The molecule has 1 rings (SSSR count). The average Bonchev–Trinajstić information content (AvgIpc) is 2.81. The molecule has 0 radical (unpaired) electrons. The van der Waals surface area contributed by atoms with Crippen LogP contribution in [0, 0.1) is 0 Å². The molecule has 18 heavy (non-hydrogen) atoms. The Balaban J connectivity index is 2.53. The zero-order valence-corrected chi connectivity index (χ0v) is 11.6. The average molecular weight is 257 g/mol. The molecular weight excluding hydrogens is 234 g/mol. The molecule has 104 valence electrons. The van der Waals surface area contributed by atoms with E-state index in [2.05, 4.69) is 4.90 Å². The van der Waals surface area contributed by atoms with Crippen molar-refractivity contribution in [3.63, 3.8) is 0 Å². The maximum atomic E-state index is 11.4. The van der Waals surface area contributed by atoms with Crippen LogP contribution < -0.4 is 0 Å². The summed E-state index contributed by atoms with van der Waals surface area (Å²) < 4.78 is 15.5. The van der Waals surface area contributed by atoms with Crippen molar-refractivity contribution in [3.05, 3.63) is 11.6 Å². The van der Waals surface area contributed by atoms with Gasteiger partial charge in [0.2, 0.25) is 0 Å². The first kappa shape index (κ1) is 15.1. The first-order chi connectivity index (χ1) is 8.65. The summed E-state index contributed by atoms with van der Waals surface area (Å²) in [6, 6.07) is 0. The van der Waals surface area contributed by atoms with Gasteiger partial charge in [-0.3, -0.25) is 4.90 Å². The summed E-state index contributed by atoms with van der Waals surface area (Å²) in [7, 11) is 4.80. The minimum Gasteiger partial charge on any atom is -0.466 e. The minimum absolute atomic E-state index is 0.103. The molecule has 0 aromatic heterocycles. The highest BCUT2D eigenvalue weighted by Gasteiger charge is 2.32. The highest BCUT2D eigenvalue weighted by atomic mass is 16.5. The maximum Gasteiger partial charge on any atom is 0.333 e. The number of esters is 1. The Morgan fingerprint density at radius 2 is 1.78 bits per heavy atom. The molecule has 1 saturated heterocycles. The molecule has 1 heterocycles. The Labute approximate surface area is 109 Å². The van der Waals surface area contributed by atoms with Crippen molar-refractivity contribution >= 4 is 5.97 Å². The van der Waals surface area contributed by atoms with Crippen LogP contribution in [0.2, 0.25) is 0 Å². The van der Waals surface area contributed by atoms with E-state index in [4.69, 9.17) is 14.2 Å². The number of nitrogens with zero attached hydrogens (tertiary/aromatic N) is 1. The Morgan fingerprint density at radius 1 is 1.22 bits per heavy atom. The second kappa shape index (κ2) is 7.51. The lowest BCUT2D eigenvalue weighted by Crippen LogP contribution is -2.27. The van der Waals surface area contributed by atoms with Crippen LogP contribution in [-0.2, 0) is 19.0 Å². The number of carbonyl (C=O) groups excluding carboxylic acids is 1. The summed E-state index contributed by atoms with van der Waals surface area (Å²) >= 11 is 0. The van der Waals surface area contributed by atoms with E-state index in [-0.39, 0.29) is 18.2 Å². The summed E-state index contributed by atoms with van der Waals surface area (Å²) in [5.41, 5.74) is 0.715. The normalized spacial score (nSPS) is 25.4. The highest BCUT2D eigenvalue weighted by molar-refractivity contribution is 5.88. The van der Waals surface area contributed by atoms with E-state index in [0.717, 1.165) is 19.6 Å². The van der Waals surface area contributed by atoms with E-state index < -0.39 is 0 Å². The van der Waals surface area contributed by atoms with E-state index in [0.29, 0.717) is 12.0 Å². The molecule has 0 amide bonds. The molecule has 2 atom stereocenters. The fourth-order valence-corrected chi connectivity index (χ4v) is 2.16. The van der Waals surface area contributed by atoms with E-state index in [1.165, 1.54) is 7.11 Å². The van der Waals surface area contributed by atoms with Crippen LogP contribution in [0.15, 0.2) is 11.6 Å². The molecule has 0 aliphatic carbocycles. The topological polar surface area (TPSA) is 48.0 Å². The van der Waals surface area contributed by atoms with Gasteiger partial charge in [0.1, 0.15) is 0 Å². The molecule has 1 aliphatic heterocycles. The van der Waals surface area contributed by atoms with Crippen LogP contribution in [0.1, 0.15) is 13.3 Å². The fourth-order valence-electron chi connectivity index (χ4n) is 2.16. The Hall–Kier alpha value is -0.910. The largest absolute Gasteiger partial charge is 0.466 e. The number of hydrogen-bond donors (Lipinski definition) is 0. The Bertz CT molecular complexity index is 291. The molecule has 1 fully saturated rings. The monoisotopic (exact) mass is 257 g/mol. The quantitative estimate of drug-likeness (QED) is 0.521. The van der Waals surface area contributed by atoms with Crippen LogP contribution in [0.4, 0.5) is 0 Å². The van der Waals surface area contributed by atoms with E-state index in [9.17, 15) is 4.79 Å². The molecule has 5 nitrogen and oxygen atoms in total. The van der Waals surface area contributed by atoms with Crippen molar-refractivity contribution in [2.75, 3.05) is 41.0 Å². The molecule has 1 aliphatic rings. The number of likely N-dealkylation sites (tertiary alicyclic amines) is 1. The third kappa shape index (κ3) is 3.80. The lowest BCUT2D eigenvalue weighted by Gasteiger charge is -2.13. The minimum atomic E-state index is -0.247. The van der Waals surface area contributed by atoms with Gasteiger partial charge in [0.25, 0.3) is 0 Å². The van der Waals surface area contributed by atoms with Gasteiger partial charge in [-0.15, -0.1) is 0 Å². The fraction of sp³-hybridized carbons (Fsp3) is 0.769. The second-order valence-electron chi connectivity index (χ2n) is 4.34. The van der Waals surface area contributed by atoms with Gasteiger partial charge in [-0.05, 0) is 6.42 Å². The third-order valence-electron chi connectivity index (χ3n) is 3.32. The summed E-state index contributed by atoms with van der Waals surface area (Å²) in [5.74, 6) is -0.247. The molecule has 0 bridgehead atoms. The van der Waals surface area contributed by atoms with Crippen LogP contribution in [0.25, 0.3) is 0 Å². The molecule has 0 saturated carbocycles. The number of ether oxygens (including phenoxy) is 3. The van der Waals surface area contributed by atoms with Crippen LogP contribution in [0.3, 0.4) is 0 Å². The van der Waals surface area contributed by atoms with Crippen molar-refractivity contribution in [1.29, 1.82) is 0 Å². The molecule has 0 N–H and O–H groups in total. The van der Waals surface area contributed by atoms with Gasteiger partial charge in [-0.25, -0.2) is 4.79 Å². The summed E-state index contributed by atoms with van der Waals surface area (Å²) in [6.45, 7) is 4.31. The summed E-state index contributed by atoms with van der Waals surface area (Å²) in [4.78, 5) is 13.6. The summed E-state index contributed by atoms with van der Waals surface area (Å²) in [6.07, 6.45) is 2.82. The lowest BCUT2D eigenvalue weighted by atomic mass is 10.2. The molecular formula is C13H23NO4. The number of methoxy groups -OCH3 is 3. The lowest BCUT2D eigenvalue weighted by molar-refractivity contribution is -0.136. The number of hydrogen-bond acceptors (Lipinski definition) is 5. The van der Waals surface area contributed by atoms with Crippen molar-refractivity contribution in [1.82, 2.24) is 4.90 Å². The zero-order valence-electron chi connectivity index (χ0n) is 11.6. The predicted molar refractivity (Wildman–Crippen MR) is 68.4 cm³/mol. The number of rotatable bonds is 6. The first-order valence-electron chi connectivity index (χ1n) is 6.21. The van der Waals surface area contributed by atoms with Gasteiger partial charge in [0.15, 0.2) is 0 Å². The van der Waals surface area contributed by atoms with Gasteiger partial charge in [0.05, 0.1) is 19.3 Å². The predicted octanol–water partition coefficient (Wildman–Crippen LogP) is 0.841. The molecule has 5 heteroatoms.